The van der Waals surface area contributed by atoms with Crippen molar-refractivity contribution in [3.8, 4) is 0 Å². The van der Waals surface area contributed by atoms with Crippen LogP contribution in [0.3, 0.4) is 0 Å². The van der Waals surface area contributed by atoms with E-state index < -0.39 is 0 Å². The van der Waals surface area contributed by atoms with Crippen molar-refractivity contribution in [2.24, 2.45) is 0 Å². The van der Waals surface area contributed by atoms with Gasteiger partial charge < -0.3 is 5.32 Å². The Hall–Kier alpha value is -1.72. The average Bonchev–Trinajstić information content (AvgIpc) is 2.88. The summed E-state index contributed by atoms with van der Waals surface area (Å²) >= 11 is 0. The summed E-state index contributed by atoms with van der Waals surface area (Å²) in [5.74, 6) is 0. The highest BCUT2D eigenvalue weighted by atomic mass is 15.2. The van der Waals surface area contributed by atoms with Crippen LogP contribution in [0.25, 0.3) is 0 Å². The number of hydrogen-bond donors (Lipinski definition) is 2. The zero-order chi connectivity index (χ0) is 13.1. The van der Waals surface area contributed by atoms with E-state index in [1.165, 1.54) is 11.1 Å². The third kappa shape index (κ3) is 2.52. The number of H-pyrrole nitrogens is 1. The van der Waals surface area contributed by atoms with Gasteiger partial charge in [0.15, 0.2) is 0 Å². The van der Waals surface area contributed by atoms with Crippen LogP contribution in [0.15, 0.2) is 30.7 Å². The van der Waals surface area contributed by atoms with E-state index in [4.69, 9.17) is 0 Å². The molecule has 5 nitrogen and oxygen atoms in total. The Balaban J connectivity index is 1.98. The van der Waals surface area contributed by atoms with Gasteiger partial charge in [-0.2, -0.15) is 5.10 Å². The molecule has 3 heterocycles. The van der Waals surface area contributed by atoms with E-state index in [1.807, 2.05) is 18.6 Å². The third-order valence-corrected chi connectivity index (χ3v) is 3.70. The first-order valence-electron chi connectivity index (χ1n) is 6.71. The molecule has 2 aromatic rings. The van der Waals surface area contributed by atoms with Gasteiger partial charge in [0.2, 0.25) is 0 Å². The highest BCUT2D eigenvalue weighted by Gasteiger charge is 2.25. The summed E-state index contributed by atoms with van der Waals surface area (Å²) in [7, 11) is 0. The van der Waals surface area contributed by atoms with Gasteiger partial charge in [-0.1, -0.05) is 0 Å². The largest absolute Gasteiger partial charge is 0.314 e. The fourth-order valence-corrected chi connectivity index (χ4v) is 2.71. The molecule has 3 rings (SSSR count). The summed E-state index contributed by atoms with van der Waals surface area (Å²) in [4.78, 5) is 6.63. The number of aromatic amines is 1. The molecule has 100 valence electrons. The molecule has 1 unspecified atom stereocenters. The molecular formula is C14H19N5. The fourth-order valence-electron chi connectivity index (χ4n) is 2.71. The lowest BCUT2D eigenvalue weighted by Gasteiger charge is -2.35. The lowest BCUT2D eigenvalue weighted by atomic mass is 9.98. The molecular weight excluding hydrogens is 238 g/mol. The summed E-state index contributed by atoms with van der Waals surface area (Å²) in [6, 6.07) is 4.46. The monoisotopic (exact) mass is 257 g/mol. The number of rotatable bonds is 3. The average molecular weight is 257 g/mol. The number of nitrogens with zero attached hydrogens (tertiary/aromatic N) is 3. The molecule has 1 atom stereocenters. The van der Waals surface area contributed by atoms with Gasteiger partial charge in [0.05, 0.1) is 12.2 Å². The van der Waals surface area contributed by atoms with Crippen molar-refractivity contribution < 1.29 is 0 Å². The molecule has 0 aromatic carbocycles. The van der Waals surface area contributed by atoms with Gasteiger partial charge in [-0.3, -0.25) is 15.0 Å². The van der Waals surface area contributed by atoms with E-state index in [9.17, 15) is 0 Å². The van der Waals surface area contributed by atoms with E-state index in [2.05, 4.69) is 44.5 Å². The first-order valence-corrected chi connectivity index (χ1v) is 6.71. The van der Waals surface area contributed by atoms with Gasteiger partial charge in [-0.15, -0.1) is 0 Å². The quantitative estimate of drug-likeness (QED) is 0.865. The van der Waals surface area contributed by atoms with Crippen molar-refractivity contribution in [1.29, 1.82) is 0 Å². The molecule has 19 heavy (non-hydrogen) atoms. The predicted octanol–water partition coefficient (Wildman–Crippen LogP) is 1.11. The number of hydrogen-bond acceptors (Lipinski definition) is 4. The molecule has 0 amide bonds. The molecule has 0 radical (unpaired) electrons. The molecule has 0 bridgehead atoms. The summed E-state index contributed by atoms with van der Waals surface area (Å²) in [6.07, 6.45) is 5.67. The van der Waals surface area contributed by atoms with Crippen LogP contribution in [0.1, 0.15) is 22.9 Å². The molecule has 1 fully saturated rings. The zero-order valence-corrected chi connectivity index (χ0v) is 11.1. The summed E-state index contributed by atoms with van der Waals surface area (Å²) in [5, 5.41) is 10.6. The van der Waals surface area contributed by atoms with Crippen molar-refractivity contribution in [3.63, 3.8) is 0 Å². The zero-order valence-electron chi connectivity index (χ0n) is 11.1. The number of aromatic nitrogens is 3. The van der Waals surface area contributed by atoms with Gasteiger partial charge in [0.25, 0.3) is 0 Å². The summed E-state index contributed by atoms with van der Waals surface area (Å²) in [5.41, 5.74) is 3.68. The van der Waals surface area contributed by atoms with Crippen molar-refractivity contribution in [2.75, 3.05) is 26.2 Å². The summed E-state index contributed by atoms with van der Waals surface area (Å²) in [6.45, 7) is 6.27. The van der Waals surface area contributed by atoms with Crippen molar-refractivity contribution >= 4 is 0 Å². The molecule has 0 saturated carbocycles. The van der Waals surface area contributed by atoms with E-state index >= 15 is 0 Å². The van der Waals surface area contributed by atoms with Crippen molar-refractivity contribution in [3.05, 3.63) is 47.5 Å². The Kier molecular flexibility index (Phi) is 3.57. The minimum Gasteiger partial charge on any atom is -0.314 e. The van der Waals surface area contributed by atoms with Gasteiger partial charge in [0, 0.05) is 49.8 Å². The van der Waals surface area contributed by atoms with Crippen LogP contribution in [0.5, 0.6) is 0 Å². The predicted molar refractivity (Wildman–Crippen MR) is 73.8 cm³/mol. The maximum Gasteiger partial charge on any atom is 0.0637 e. The van der Waals surface area contributed by atoms with Gasteiger partial charge >= 0.3 is 0 Å². The number of pyridine rings is 1. The molecule has 0 aliphatic carbocycles. The minimum absolute atomic E-state index is 0.267. The number of piperazine rings is 1. The standard InChI is InChI=1S/C14H19N5/c1-11-13(10-17-18-11)14(12-2-4-15-5-3-12)19-8-6-16-7-9-19/h2-5,10,14,16H,6-9H2,1H3,(H,17,18). The Morgan fingerprint density at radius 1 is 1.21 bits per heavy atom. The molecule has 0 spiro atoms. The van der Waals surface area contributed by atoms with Crippen LogP contribution in [0.2, 0.25) is 0 Å². The van der Waals surface area contributed by atoms with E-state index in [0.717, 1.165) is 31.9 Å². The maximum absolute atomic E-state index is 4.18. The van der Waals surface area contributed by atoms with Gasteiger partial charge in [0.1, 0.15) is 0 Å². The number of aryl methyl sites for hydroxylation is 1. The number of nitrogens with one attached hydrogen (secondary N) is 2. The highest BCUT2D eigenvalue weighted by molar-refractivity contribution is 5.31. The van der Waals surface area contributed by atoms with Crippen LogP contribution < -0.4 is 5.32 Å². The second-order valence-electron chi connectivity index (χ2n) is 4.92. The first kappa shape index (κ1) is 12.3. The fraction of sp³-hybridized carbons (Fsp3) is 0.429. The van der Waals surface area contributed by atoms with Gasteiger partial charge in [-0.25, -0.2) is 0 Å². The first-order chi connectivity index (χ1) is 9.36. The molecule has 1 aliphatic heterocycles. The maximum atomic E-state index is 4.18. The molecule has 1 aliphatic rings. The highest BCUT2D eigenvalue weighted by Crippen LogP contribution is 2.29. The molecule has 2 aromatic heterocycles. The topological polar surface area (TPSA) is 56.8 Å². The molecule has 2 N–H and O–H groups in total. The second kappa shape index (κ2) is 5.50. The Morgan fingerprint density at radius 3 is 2.58 bits per heavy atom. The summed E-state index contributed by atoms with van der Waals surface area (Å²) < 4.78 is 0. The molecule has 1 saturated heterocycles. The molecule has 5 heteroatoms. The third-order valence-electron chi connectivity index (χ3n) is 3.70. The minimum atomic E-state index is 0.267. The lowest BCUT2D eigenvalue weighted by molar-refractivity contribution is 0.198. The van der Waals surface area contributed by atoms with E-state index in [1.54, 1.807) is 0 Å². The van der Waals surface area contributed by atoms with E-state index in [-0.39, 0.29) is 6.04 Å². The SMILES string of the molecule is Cc1[nH]ncc1C(c1ccncc1)N1CCNCC1. The van der Waals surface area contributed by atoms with Crippen LogP contribution in [-0.4, -0.2) is 46.3 Å². The smallest absolute Gasteiger partial charge is 0.0637 e. The lowest BCUT2D eigenvalue weighted by Crippen LogP contribution is -2.45. The Bertz CT molecular complexity index is 516. The normalized spacial score (nSPS) is 18.4. The second-order valence-corrected chi connectivity index (χ2v) is 4.92. The van der Waals surface area contributed by atoms with Crippen LogP contribution in [0, 0.1) is 6.92 Å². The van der Waals surface area contributed by atoms with Crippen molar-refractivity contribution in [1.82, 2.24) is 25.4 Å². The van der Waals surface area contributed by atoms with Crippen molar-refractivity contribution in [2.45, 2.75) is 13.0 Å². The van der Waals surface area contributed by atoms with E-state index in [0.29, 0.717) is 0 Å². The Labute approximate surface area is 113 Å². The Morgan fingerprint density at radius 2 is 1.95 bits per heavy atom. The van der Waals surface area contributed by atoms with Gasteiger partial charge in [-0.05, 0) is 24.6 Å². The van der Waals surface area contributed by atoms with Crippen LogP contribution in [-0.2, 0) is 0 Å². The van der Waals surface area contributed by atoms with Crippen LogP contribution in [0.4, 0.5) is 0 Å². The van der Waals surface area contributed by atoms with Crippen LogP contribution >= 0.6 is 0 Å².